The van der Waals surface area contributed by atoms with E-state index in [0.29, 0.717) is 40.0 Å². The summed E-state index contributed by atoms with van der Waals surface area (Å²) in [5, 5.41) is 10.7. The second-order valence-electron chi connectivity index (χ2n) is 9.75. The number of benzene rings is 2. The lowest BCUT2D eigenvalue weighted by molar-refractivity contribution is -0.131. The van der Waals surface area contributed by atoms with Crippen LogP contribution in [0, 0.1) is 13.8 Å². The summed E-state index contributed by atoms with van der Waals surface area (Å²) in [7, 11) is 1.48. The monoisotopic (exact) mass is 567 g/mol. The summed E-state index contributed by atoms with van der Waals surface area (Å²) in [6.07, 6.45) is -0.507. The Kier molecular flexibility index (Phi) is 7.83. The summed E-state index contributed by atoms with van der Waals surface area (Å²) in [5.74, 6) is 0.372. The Hall–Kier alpha value is -4.25. The Bertz CT molecular complexity index is 1440. The van der Waals surface area contributed by atoms with E-state index in [-0.39, 0.29) is 49.7 Å². The van der Waals surface area contributed by atoms with Crippen molar-refractivity contribution in [2.45, 2.75) is 39.1 Å². The third-order valence-electron chi connectivity index (χ3n) is 7.00. The summed E-state index contributed by atoms with van der Waals surface area (Å²) in [6.45, 7) is 4.21. The molecule has 2 aromatic carbocycles. The zero-order valence-corrected chi connectivity index (χ0v) is 23.2. The van der Waals surface area contributed by atoms with Crippen LogP contribution < -0.4 is 24.8 Å². The highest BCUT2D eigenvalue weighted by molar-refractivity contribution is 6.31. The maximum Gasteiger partial charge on any atom is 0.258 e. The molecule has 3 aliphatic rings. The van der Waals surface area contributed by atoms with Crippen molar-refractivity contribution in [3.63, 3.8) is 0 Å². The number of likely N-dealkylation sites (tertiary alicyclic amines) is 1. The van der Waals surface area contributed by atoms with Gasteiger partial charge in [-0.15, -0.1) is 0 Å². The molecule has 0 unspecified atom stereocenters. The lowest BCUT2D eigenvalue weighted by atomic mass is 10.1. The van der Waals surface area contributed by atoms with Crippen LogP contribution in [-0.2, 0) is 22.7 Å². The molecule has 4 heterocycles. The smallest absolute Gasteiger partial charge is 0.258 e. The van der Waals surface area contributed by atoms with E-state index in [2.05, 4.69) is 15.7 Å². The number of hydrogen-bond acceptors (Lipinski definition) is 7. The van der Waals surface area contributed by atoms with Crippen molar-refractivity contribution >= 4 is 29.3 Å². The van der Waals surface area contributed by atoms with Crippen molar-refractivity contribution < 1.29 is 28.6 Å². The van der Waals surface area contributed by atoms with Gasteiger partial charge in [0, 0.05) is 18.7 Å². The number of rotatable bonds is 3. The predicted molar refractivity (Wildman–Crippen MR) is 146 cm³/mol. The minimum Gasteiger partial charge on any atom is -0.493 e. The highest BCUT2D eigenvalue weighted by atomic mass is 35.5. The van der Waals surface area contributed by atoms with E-state index in [1.807, 2.05) is 19.1 Å². The number of amides is 3. The van der Waals surface area contributed by atoms with Gasteiger partial charge in [-0.2, -0.15) is 5.10 Å². The van der Waals surface area contributed by atoms with Gasteiger partial charge in [0.1, 0.15) is 18.4 Å². The Morgan fingerprint density at radius 1 is 1.15 bits per heavy atom. The quantitative estimate of drug-likeness (QED) is 0.497. The lowest BCUT2D eigenvalue weighted by Crippen LogP contribution is -2.45. The lowest BCUT2D eigenvalue weighted by Gasteiger charge is -2.21. The van der Waals surface area contributed by atoms with Gasteiger partial charge in [0.15, 0.2) is 18.1 Å². The van der Waals surface area contributed by atoms with Crippen LogP contribution in [0.3, 0.4) is 0 Å². The van der Waals surface area contributed by atoms with Crippen LogP contribution in [-0.4, -0.2) is 71.4 Å². The molecule has 210 valence electrons. The van der Waals surface area contributed by atoms with Crippen molar-refractivity contribution in [1.82, 2.24) is 25.3 Å². The number of nitrogens with zero attached hydrogens (tertiary/aromatic N) is 3. The topological polar surface area (TPSA) is 124 Å². The maximum absolute atomic E-state index is 13.3. The second kappa shape index (κ2) is 11.5. The number of ether oxygens (including phenoxy) is 3. The average Bonchev–Trinajstić information content (AvgIpc) is 3.45. The van der Waals surface area contributed by atoms with Gasteiger partial charge in [-0.05, 0) is 49.7 Å². The molecule has 0 saturated carbocycles. The molecule has 2 atom stereocenters. The Morgan fingerprint density at radius 3 is 2.62 bits per heavy atom. The van der Waals surface area contributed by atoms with Crippen LogP contribution in [0.15, 0.2) is 42.5 Å². The number of carbonyl (C=O) groups is 3. The van der Waals surface area contributed by atoms with Crippen LogP contribution in [0.1, 0.15) is 27.3 Å². The van der Waals surface area contributed by atoms with Crippen molar-refractivity contribution in [1.29, 1.82) is 0 Å². The number of carbonyl (C=O) groups excluding carboxylic acids is 3. The molecule has 0 spiro atoms. The molecule has 0 radical (unpaired) electrons. The highest BCUT2D eigenvalue weighted by Gasteiger charge is 2.38. The van der Waals surface area contributed by atoms with Gasteiger partial charge in [-0.1, -0.05) is 23.7 Å². The molecule has 2 N–H and O–H groups in total. The van der Waals surface area contributed by atoms with Crippen LogP contribution in [0.5, 0.6) is 17.2 Å². The van der Waals surface area contributed by atoms with Gasteiger partial charge in [-0.25, -0.2) is 0 Å². The molecule has 6 rings (SSSR count). The molecule has 0 aliphatic carbocycles. The zero-order valence-electron chi connectivity index (χ0n) is 22.4. The first-order chi connectivity index (χ1) is 19.2. The molecular weight excluding hydrogens is 538 g/mol. The second-order valence-corrected chi connectivity index (χ2v) is 10.1. The molecule has 11 nitrogen and oxygen atoms in total. The van der Waals surface area contributed by atoms with E-state index >= 15 is 0 Å². The van der Waals surface area contributed by atoms with Gasteiger partial charge in [0.05, 0.1) is 36.1 Å². The summed E-state index contributed by atoms with van der Waals surface area (Å²) in [4.78, 5) is 40.6. The standard InChI is InChI=1S/C28H30ClN5O6/c1-16-27(29)17(2)34(32-16)14-26(36)33-12-21-24(13-33)40-20-7-4-18(5-8-20)11-30-25(35)15-39-23-10-19(28(37)31-21)6-9-22(23)38-3/h4-10,21,24H,11-15H2,1-3H3,(H,30,35)(H,31,37)/t21-,24-/m0/s1. The minimum atomic E-state index is -0.507. The van der Waals surface area contributed by atoms with Gasteiger partial charge in [0.2, 0.25) is 5.91 Å². The normalized spacial score (nSPS) is 19.1. The number of hydrogen-bond donors (Lipinski definition) is 2. The number of methoxy groups -OCH3 is 1. The van der Waals surface area contributed by atoms with Crippen LogP contribution in [0.25, 0.3) is 0 Å². The van der Waals surface area contributed by atoms with Gasteiger partial charge >= 0.3 is 0 Å². The third-order valence-corrected chi connectivity index (χ3v) is 7.55. The molecule has 3 aliphatic heterocycles. The summed E-state index contributed by atoms with van der Waals surface area (Å²) < 4.78 is 18.9. The van der Waals surface area contributed by atoms with Gasteiger partial charge in [0.25, 0.3) is 11.8 Å². The van der Waals surface area contributed by atoms with E-state index in [1.54, 1.807) is 40.8 Å². The van der Waals surface area contributed by atoms with E-state index in [9.17, 15) is 14.4 Å². The molecule has 3 amide bonds. The zero-order chi connectivity index (χ0) is 28.4. The number of fused-ring (bicyclic) bond motifs is 7. The van der Waals surface area contributed by atoms with Crippen molar-refractivity contribution in [3.05, 3.63) is 70.0 Å². The number of nitrogens with one attached hydrogen (secondary N) is 2. The maximum atomic E-state index is 13.3. The minimum absolute atomic E-state index is 0.0202. The molecule has 12 heteroatoms. The first kappa shape index (κ1) is 27.3. The Balaban J connectivity index is 1.41. The van der Waals surface area contributed by atoms with E-state index in [0.717, 1.165) is 5.56 Å². The van der Waals surface area contributed by atoms with Crippen molar-refractivity contribution in [3.8, 4) is 17.2 Å². The van der Waals surface area contributed by atoms with Crippen LogP contribution in [0.2, 0.25) is 5.02 Å². The summed E-state index contributed by atoms with van der Waals surface area (Å²) in [6, 6.07) is 11.5. The SMILES string of the molecule is COc1ccc2cc1OCC(=O)NCc1ccc(cc1)O[C@H]1CN(C(=O)Cn3nc(C)c(Cl)c3C)C[C@@H]1NC2=O. The molecule has 3 aromatic rings. The van der Waals surface area contributed by atoms with E-state index < -0.39 is 12.1 Å². The highest BCUT2D eigenvalue weighted by Crippen LogP contribution is 2.29. The average molecular weight is 568 g/mol. The fourth-order valence-corrected chi connectivity index (χ4v) is 4.87. The fourth-order valence-electron chi connectivity index (χ4n) is 4.73. The molecule has 4 bridgehead atoms. The largest absolute Gasteiger partial charge is 0.493 e. The van der Waals surface area contributed by atoms with Crippen molar-refractivity contribution in [2.24, 2.45) is 0 Å². The van der Waals surface area contributed by atoms with Gasteiger partial charge < -0.3 is 29.7 Å². The Morgan fingerprint density at radius 2 is 1.93 bits per heavy atom. The third kappa shape index (κ3) is 5.84. The van der Waals surface area contributed by atoms with E-state index in [4.69, 9.17) is 25.8 Å². The van der Waals surface area contributed by atoms with Gasteiger partial charge in [-0.3, -0.25) is 19.1 Å². The summed E-state index contributed by atoms with van der Waals surface area (Å²) in [5.41, 5.74) is 2.56. The van der Waals surface area contributed by atoms with Crippen LogP contribution in [0.4, 0.5) is 0 Å². The molecule has 1 fully saturated rings. The summed E-state index contributed by atoms with van der Waals surface area (Å²) >= 11 is 6.26. The molecule has 40 heavy (non-hydrogen) atoms. The van der Waals surface area contributed by atoms with Crippen LogP contribution >= 0.6 is 11.6 Å². The predicted octanol–water partition coefficient (Wildman–Crippen LogP) is 2.26. The Labute approximate surface area is 236 Å². The number of halogens is 1. The first-order valence-electron chi connectivity index (χ1n) is 12.8. The number of aryl methyl sites for hydroxylation is 1. The number of aromatic nitrogens is 2. The fraction of sp³-hybridized carbons (Fsp3) is 0.357. The molecule has 1 saturated heterocycles. The molecule has 1 aromatic heterocycles. The first-order valence-corrected chi connectivity index (χ1v) is 13.2. The molecular formula is C28H30ClN5O6. The van der Waals surface area contributed by atoms with Crippen molar-refractivity contribution in [2.75, 3.05) is 26.8 Å². The van der Waals surface area contributed by atoms with E-state index in [1.165, 1.54) is 13.2 Å².